The highest BCUT2D eigenvalue weighted by atomic mass is 35.5. The van der Waals surface area contributed by atoms with Crippen LogP contribution in [0.15, 0.2) is 57.4 Å². The van der Waals surface area contributed by atoms with Crippen LogP contribution in [-0.2, 0) is 17.9 Å². The average Bonchev–Trinajstić information content (AvgIpc) is 3.24. The number of aryl methyl sites for hydroxylation is 2. The van der Waals surface area contributed by atoms with E-state index in [2.05, 4.69) is 5.32 Å². The predicted octanol–water partition coefficient (Wildman–Crippen LogP) is 4.32. The van der Waals surface area contributed by atoms with E-state index in [0.717, 1.165) is 27.3 Å². The van der Waals surface area contributed by atoms with Gasteiger partial charge in [-0.05, 0) is 60.2 Å². The van der Waals surface area contributed by atoms with Gasteiger partial charge in [-0.1, -0.05) is 29.8 Å². The maximum absolute atomic E-state index is 13.5. The Morgan fingerprint density at radius 2 is 1.84 bits per heavy atom. The Morgan fingerprint density at radius 3 is 2.59 bits per heavy atom. The summed E-state index contributed by atoms with van der Waals surface area (Å²) in [6.45, 7) is 3.68. The van der Waals surface area contributed by atoms with Crippen molar-refractivity contribution in [3.63, 3.8) is 0 Å². The van der Waals surface area contributed by atoms with Crippen molar-refractivity contribution in [1.82, 2.24) is 9.13 Å². The molecule has 2 aromatic heterocycles. The minimum absolute atomic E-state index is 0.0873. The van der Waals surface area contributed by atoms with E-state index in [1.807, 2.05) is 32.0 Å². The topological polar surface area (TPSA) is 73.1 Å². The van der Waals surface area contributed by atoms with Crippen molar-refractivity contribution < 1.29 is 9.18 Å². The third-order valence-electron chi connectivity index (χ3n) is 5.25. The second-order valence-corrected chi connectivity index (χ2v) is 8.81. The summed E-state index contributed by atoms with van der Waals surface area (Å²) in [6.07, 6.45) is 0. The van der Waals surface area contributed by atoms with Crippen molar-refractivity contribution in [3.8, 4) is 0 Å². The fraction of sp³-hybridized carbons (Fsp3) is 0.174. The molecule has 1 N–H and O–H groups in total. The molecule has 9 heteroatoms. The summed E-state index contributed by atoms with van der Waals surface area (Å²) in [7, 11) is 0. The summed E-state index contributed by atoms with van der Waals surface area (Å²) in [5.74, 6) is -1.12. The first-order chi connectivity index (χ1) is 15.2. The quantitative estimate of drug-likeness (QED) is 0.471. The van der Waals surface area contributed by atoms with Crippen molar-refractivity contribution in [2.24, 2.45) is 0 Å². The lowest BCUT2D eigenvalue weighted by atomic mass is 10.1. The van der Waals surface area contributed by atoms with Gasteiger partial charge in [-0.3, -0.25) is 18.7 Å². The van der Waals surface area contributed by atoms with Crippen LogP contribution in [0.1, 0.15) is 16.7 Å². The van der Waals surface area contributed by atoms with Crippen molar-refractivity contribution in [3.05, 3.63) is 96.2 Å². The molecule has 2 aromatic carbocycles. The Kier molecular flexibility index (Phi) is 5.99. The van der Waals surface area contributed by atoms with E-state index in [-0.39, 0.29) is 23.8 Å². The number of nitrogens with one attached hydrogen (secondary N) is 1. The molecule has 164 valence electrons. The van der Waals surface area contributed by atoms with Gasteiger partial charge in [0.05, 0.1) is 22.8 Å². The van der Waals surface area contributed by atoms with Gasteiger partial charge >= 0.3 is 5.69 Å². The number of hydrogen-bond acceptors (Lipinski definition) is 4. The lowest BCUT2D eigenvalue weighted by Crippen LogP contribution is -2.41. The van der Waals surface area contributed by atoms with E-state index in [9.17, 15) is 18.8 Å². The Balaban J connectivity index is 1.73. The van der Waals surface area contributed by atoms with Gasteiger partial charge in [-0.25, -0.2) is 9.18 Å². The zero-order valence-corrected chi connectivity index (χ0v) is 18.9. The molecule has 0 saturated carbocycles. The molecule has 0 aliphatic heterocycles. The third-order valence-corrected chi connectivity index (χ3v) is 6.47. The van der Waals surface area contributed by atoms with Gasteiger partial charge in [0.1, 0.15) is 17.1 Å². The van der Waals surface area contributed by atoms with Crippen LogP contribution in [0.2, 0.25) is 5.02 Å². The molecule has 0 saturated heterocycles. The molecular formula is C23H19ClFN3O3S. The number of fused-ring (bicyclic) bond motifs is 1. The van der Waals surface area contributed by atoms with Crippen LogP contribution < -0.4 is 16.6 Å². The zero-order valence-electron chi connectivity index (χ0n) is 17.3. The van der Waals surface area contributed by atoms with Gasteiger partial charge in [0.15, 0.2) is 0 Å². The molecule has 4 aromatic rings. The number of hydrogen-bond donors (Lipinski definition) is 1. The number of anilines is 1. The van der Waals surface area contributed by atoms with E-state index in [4.69, 9.17) is 11.6 Å². The number of nitrogens with zero attached hydrogens (tertiary/aromatic N) is 2. The molecule has 0 unspecified atom stereocenters. The molecule has 0 fully saturated rings. The number of thiophene rings is 1. The summed E-state index contributed by atoms with van der Waals surface area (Å²) in [4.78, 5) is 38.9. The first kappa shape index (κ1) is 22.0. The first-order valence-corrected chi connectivity index (χ1v) is 11.0. The number of halogens is 2. The van der Waals surface area contributed by atoms with Gasteiger partial charge in [-0.15, -0.1) is 11.3 Å². The summed E-state index contributed by atoms with van der Waals surface area (Å²) in [5, 5.41) is 4.40. The van der Waals surface area contributed by atoms with Crippen LogP contribution >= 0.6 is 22.9 Å². The van der Waals surface area contributed by atoms with Crippen LogP contribution in [0.5, 0.6) is 0 Å². The molecule has 0 spiro atoms. The van der Waals surface area contributed by atoms with E-state index in [1.165, 1.54) is 28.0 Å². The van der Waals surface area contributed by atoms with Gasteiger partial charge in [-0.2, -0.15) is 0 Å². The van der Waals surface area contributed by atoms with E-state index in [0.29, 0.717) is 10.2 Å². The normalized spacial score (nSPS) is 11.1. The highest BCUT2D eigenvalue weighted by Gasteiger charge is 2.17. The summed E-state index contributed by atoms with van der Waals surface area (Å²) in [5.41, 5.74) is 2.46. The van der Waals surface area contributed by atoms with Gasteiger partial charge in [0, 0.05) is 0 Å². The molecule has 0 radical (unpaired) electrons. The lowest BCUT2D eigenvalue weighted by molar-refractivity contribution is -0.116. The standard InChI is InChI=1S/C23H19ClFN3O3S/c1-13-3-4-15(9-14(13)2)11-28-22(30)21-19(7-8-32-21)27(23(28)31)12-20(29)26-18-10-16(25)5-6-17(18)24/h3-10H,11-12H2,1-2H3,(H,26,29). The van der Waals surface area contributed by atoms with Crippen molar-refractivity contribution in [2.45, 2.75) is 26.9 Å². The summed E-state index contributed by atoms with van der Waals surface area (Å²) < 4.78 is 16.3. The molecule has 0 aliphatic rings. The fourth-order valence-electron chi connectivity index (χ4n) is 3.44. The predicted molar refractivity (Wildman–Crippen MR) is 125 cm³/mol. The molecule has 2 heterocycles. The summed E-state index contributed by atoms with van der Waals surface area (Å²) in [6, 6.07) is 11.0. The second kappa shape index (κ2) is 8.72. The Hall–Kier alpha value is -3.23. The number of benzene rings is 2. The van der Waals surface area contributed by atoms with Crippen LogP contribution in [-0.4, -0.2) is 15.0 Å². The highest BCUT2D eigenvalue weighted by Crippen LogP contribution is 2.22. The number of carbonyl (C=O) groups excluding carboxylic acids is 1. The number of carbonyl (C=O) groups is 1. The Morgan fingerprint density at radius 1 is 1.06 bits per heavy atom. The SMILES string of the molecule is Cc1ccc(Cn2c(=O)c3sccc3n(CC(=O)Nc3cc(F)ccc3Cl)c2=O)cc1C. The van der Waals surface area contributed by atoms with Gasteiger partial charge < -0.3 is 5.32 Å². The Bertz CT molecular complexity index is 1470. The molecule has 6 nitrogen and oxygen atoms in total. The minimum Gasteiger partial charge on any atom is -0.323 e. The smallest absolute Gasteiger partial charge is 0.323 e. The van der Waals surface area contributed by atoms with Crippen LogP contribution in [0.4, 0.5) is 10.1 Å². The van der Waals surface area contributed by atoms with Crippen molar-refractivity contribution >= 4 is 44.7 Å². The van der Waals surface area contributed by atoms with E-state index < -0.39 is 23.0 Å². The van der Waals surface area contributed by atoms with E-state index >= 15 is 0 Å². The second-order valence-electron chi connectivity index (χ2n) is 7.49. The molecule has 4 rings (SSSR count). The monoisotopic (exact) mass is 471 g/mol. The maximum Gasteiger partial charge on any atom is 0.332 e. The van der Waals surface area contributed by atoms with Crippen molar-refractivity contribution in [2.75, 3.05) is 5.32 Å². The molecule has 32 heavy (non-hydrogen) atoms. The molecular weight excluding hydrogens is 453 g/mol. The highest BCUT2D eigenvalue weighted by molar-refractivity contribution is 7.17. The van der Waals surface area contributed by atoms with Gasteiger partial charge in [0.25, 0.3) is 5.56 Å². The molecule has 0 aliphatic carbocycles. The molecule has 1 amide bonds. The van der Waals surface area contributed by atoms with Crippen molar-refractivity contribution in [1.29, 1.82) is 0 Å². The summed E-state index contributed by atoms with van der Waals surface area (Å²) >= 11 is 7.23. The average molecular weight is 472 g/mol. The molecule has 0 atom stereocenters. The lowest BCUT2D eigenvalue weighted by Gasteiger charge is -2.13. The van der Waals surface area contributed by atoms with Crippen LogP contribution in [0.25, 0.3) is 10.2 Å². The maximum atomic E-state index is 13.5. The van der Waals surface area contributed by atoms with Gasteiger partial charge in [0.2, 0.25) is 5.91 Å². The van der Waals surface area contributed by atoms with Crippen LogP contribution in [0.3, 0.4) is 0 Å². The molecule has 0 bridgehead atoms. The largest absolute Gasteiger partial charge is 0.332 e. The Labute approximate surface area is 191 Å². The third kappa shape index (κ3) is 4.24. The number of amides is 1. The van der Waals surface area contributed by atoms with E-state index in [1.54, 1.807) is 11.4 Å². The minimum atomic E-state index is -0.598. The number of rotatable bonds is 5. The van der Waals surface area contributed by atoms with Crippen LogP contribution in [0, 0.1) is 19.7 Å². The fourth-order valence-corrected chi connectivity index (χ4v) is 4.44. The zero-order chi connectivity index (χ0) is 23.0. The number of aromatic nitrogens is 2. The first-order valence-electron chi connectivity index (χ1n) is 9.76.